The predicted octanol–water partition coefficient (Wildman–Crippen LogP) is 6.20. The van der Waals surface area contributed by atoms with Crippen LogP contribution in [0.2, 0.25) is 0 Å². The molecule has 0 spiro atoms. The van der Waals surface area contributed by atoms with Gasteiger partial charge in [-0.05, 0) is 30.3 Å². The number of hydrogen-bond acceptors (Lipinski definition) is 6. The molecule has 1 heterocycles. The molecule has 0 radical (unpaired) electrons. The SMILES string of the molecule is C=CCOc1c(C=Nn2c(-c3cccc(C(F)(F)F)c3)nc3ccccc3c2=O)cc(Br)cc1[N+](=O)[O-]. The number of ether oxygens (including phenoxy) is 1. The Labute approximate surface area is 215 Å². The molecule has 0 saturated heterocycles. The van der Waals surface area contributed by atoms with Crippen molar-refractivity contribution in [3.63, 3.8) is 0 Å². The minimum Gasteiger partial charge on any atom is -0.482 e. The van der Waals surface area contributed by atoms with Crippen molar-refractivity contribution >= 4 is 38.7 Å². The third kappa shape index (κ3) is 5.43. The van der Waals surface area contributed by atoms with Gasteiger partial charge in [-0.25, -0.2) is 4.98 Å². The molecule has 0 aliphatic heterocycles. The van der Waals surface area contributed by atoms with Crippen LogP contribution in [0, 0.1) is 10.1 Å². The first-order chi connectivity index (χ1) is 17.6. The van der Waals surface area contributed by atoms with E-state index in [1.807, 2.05) is 0 Å². The zero-order valence-corrected chi connectivity index (χ0v) is 20.4. The molecule has 37 heavy (non-hydrogen) atoms. The first kappa shape index (κ1) is 25.8. The Bertz CT molecular complexity index is 1620. The van der Waals surface area contributed by atoms with E-state index in [4.69, 9.17) is 4.74 Å². The average molecular weight is 573 g/mol. The molecule has 1 aromatic heterocycles. The molecule has 12 heteroatoms. The van der Waals surface area contributed by atoms with Crippen molar-refractivity contribution < 1.29 is 22.8 Å². The number of halogens is 4. The van der Waals surface area contributed by atoms with Crippen molar-refractivity contribution in [1.29, 1.82) is 0 Å². The highest BCUT2D eigenvalue weighted by Crippen LogP contribution is 2.34. The van der Waals surface area contributed by atoms with Gasteiger partial charge in [-0.2, -0.15) is 22.9 Å². The molecule has 0 unspecified atom stereocenters. The van der Waals surface area contributed by atoms with E-state index >= 15 is 0 Å². The second-order valence-corrected chi connectivity index (χ2v) is 8.51. The van der Waals surface area contributed by atoms with Crippen molar-refractivity contribution in [1.82, 2.24) is 9.66 Å². The number of rotatable bonds is 7. The van der Waals surface area contributed by atoms with Crippen LogP contribution in [0.3, 0.4) is 0 Å². The van der Waals surface area contributed by atoms with Gasteiger partial charge in [-0.1, -0.05) is 52.9 Å². The lowest BCUT2D eigenvalue weighted by Gasteiger charge is -2.12. The summed E-state index contributed by atoms with van der Waals surface area (Å²) in [7, 11) is 0. The maximum absolute atomic E-state index is 13.4. The summed E-state index contributed by atoms with van der Waals surface area (Å²) in [5.74, 6) is -0.275. The third-order valence-electron chi connectivity index (χ3n) is 5.12. The van der Waals surface area contributed by atoms with E-state index in [1.165, 1.54) is 36.4 Å². The zero-order valence-electron chi connectivity index (χ0n) is 18.8. The van der Waals surface area contributed by atoms with Crippen LogP contribution in [-0.4, -0.2) is 27.4 Å². The summed E-state index contributed by atoms with van der Waals surface area (Å²) < 4.78 is 46.8. The zero-order chi connectivity index (χ0) is 26.7. The van der Waals surface area contributed by atoms with E-state index < -0.39 is 22.2 Å². The number of benzene rings is 3. The van der Waals surface area contributed by atoms with Gasteiger partial charge in [0.1, 0.15) is 6.61 Å². The topological polar surface area (TPSA) is 99.6 Å². The van der Waals surface area contributed by atoms with Gasteiger partial charge in [0.05, 0.1) is 27.6 Å². The average Bonchev–Trinajstić information content (AvgIpc) is 2.86. The molecule has 0 saturated carbocycles. The Morgan fingerprint density at radius 2 is 1.92 bits per heavy atom. The van der Waals surface area contributed by atoms with Crippen LogP contribution in [0.1, 0.15) is 11.1 Å². The standard InChI is InChI=1S/C25H16BrF3N4O4/c1-2-10-37-22-16(12-18(26)13-21(22)33(35)36)14-30-32-23(15-6-5-7-17(11-15)25(27,28)29)31-20-9-4-3-8-19(20)24(32)34/h2-9,11-14H,1,10H2. The fraction of sp³-hybridized carbons (Fsp3) is 0.0800. The summed E-state index contributed by atoms with van der Waals surface area (Å²) in [5.41, 5.74) is -1.53. The molecule has 0 atom stereocenters. The summed E-state index contributed by atoms with van der Waals surface area (Å²) >= 11 is 3.21. The highest BCUT2D eigenvalue weighted by molar-refractivity contribution is 9.10. The summed E-state index contributed by atoms with van der Waals surface area (Å²) in [6.45, 7) is 3.48. The fourth-order valence-electron chi connectivity index (χ4n) is 3.50. The lowest BCUT2D eigenvalue weighted by atomic mass is 10.1. The van der Waals surface area contributed by atoms with Gasteiger partial charge < -0.3 is 4.74 Å². The summed E-state index contributed by atoms with van der Waals surface area (Å²) in [6, 6.07) is 13.4. The maximum atomic E-state index is 13.4. The largest absolute Gasteiger partial charge is 0.482 e. The number of nitro benzene ring substituents is 1. The normalized spacial score (nSPS) is 11.7. The minimum atomic E-state index is -4.62. The monoisotopic (exact) mass is 572 g/mol. The molecule has 0 fully saturated rings. The molecule has 0 N–H and O–H groups in total. The molecule has 0 aliphatic carbocycles. The van der Waals surface area contributed by atoms with Gasteiger partial charge in [-0.15, -0.1) is 0 Å². The number of hydrogen-bond donors (Lipinski definition) is 0. The molecule has 8 nitrogen and oxygen atoms in total. The lowest BCUT2D eigenvalue weighted by molar-refractivity contribution is -0.385. The summed E-state index contributed by atoms with van der Waals surface area (Å²) in [5, 5.41) is 16.0. The quantitative estimate of drug-likeness (QED) is 0.114. The molecule has 0 amide bonds. The van der Waals surface area contributed by atoms with Crippen molar-refractivity contribution in [2.45, 2.75) is 6.18 Å². The van der Waals surface area contributed by atoms with E-state index in [1.54, 1.807) is 18.2 Å². The number of fused-ring (bicyclic) bond motifs is 1. The number of nitro groups is 1. The second kappa shape index (κ2) is 10.3. The van der Waals surface area contributed by atoms with Crippen LogP contribution in [0.5, 0.6) is 5.75 Å². The highest BCUT2D eigenvalue weighted by atomic mass is 79.9. The van der Waals surface area contributed by atoms with Gasteiger partial charge in [0, 0.05) is 21.7 Å². The first-order valence-corrected chi connectivity index (χ1v) is 11.3. The maximum Gasteiger partial charge on any atom is 0.416 e. The van der Waals surface area contributed by atoms with Crippen LogP contribution in [0.15, 0.2) is 87.7 Å². The van der Waals surface area contributed by atoms with E-state index in [0.717, 1.165) is 23.0 Å². The van der Waals surface area contributed by atoms with Crippen molar-refractivity contribution in [2.24, 2.45) is 5.10 Å². The third-order valence-corrected chi connectivity index (χ3v) is 5.58. The molecular weight excluding hydrogens is 557 g/mol. The predicted molar refractivity (Wildman–Crippen MR) is 136 cm³/mol. The summed E-state index contributed by atoms with van der Waals surface area (Å²) in [6.07, 6.45) is -2.07. The molecule has 4 rings (SSSR count). The van der Waals surface area contributed by atoms with Crippen LogP contribution >= 0.6 is 15.9 Å². The van der Waals surface area contributed by atoms with Crippen LogP contribution in [0.4, 0.5) is 18.9 Å². The molecule has 0 bridgehead atoms. The van der Waals surface area contributed by atoms with E-state index in [-0.39, 0.29) is 45.9 Å². The Balaban J connectivity index is 1.96. The second-order valence-electron chi connectivity index (χ2n) is 7.59. The van der Waals surface area contributed by atoms with Gasteiger partial charge in [0.25, 0.3) is 5.56 Å². The highest BCUT2D eigenvalue weighted by Gasteiger charge is 2.31. The smallest absolute Gasteiger partial charge is 0.416 e. The van der Waals surface area contributed by atoms with Gasteiger partial charge in [-0.3, -0.25) is 14.9 Å². The van der Waals surface area contributed by atoms with Gasteiger partial charge in [0.2, 0.25) is 5.75 Å². The Hall–Kier alpha value is -4.32. The number of alkyl halides is 3. The first-order valence-electron chi connectivity index (χ1n) is 10.6. The van der Waals surface area contributed by atoms with Crippen LogP contribution < -0.4 is 10.3 Å². The number of para-hydroxylation sites is 1. The lowest BCUT2D eigenvalue weighted by Crippen LogP contribution is -2.20. The molecular formula is C25H16BrF3N4O4. The van der Waals surface area contributed by atoms with Gasteiger partial charge in [0.15, 0.2) is 5.82 Å². The van der Waals surface area contributed by atoms with Crippen molar-refractivity contribution in [3.05, 3.63) is 109 Å². The van der Waals surface area contributed by atoms with E-state index in [0.29, 0.717) is 4.47 Å². The number of aromatic nitrogens is 2. The molecule has 188 valence electrons. The van der Waals surface area contributed by atoms with Crippen molar-refractivity contribution in [2.75, 3.05) is 6.61 Å². The molecule has 3 aromatic carbocycles. The van der Waals surface area contributed by atoms with Gasteiger partial charge >= 0.3 is 11.9 Å². The number of nitrogens with zero attached hydrogens (tertiary/aromatic N) is 4. The Kier molecular flexibility index (Phi) is 7.21. The Morgan fingerprint density at radius 3 is 2.62 bits per heavy atom. The van der Waals surface area contributed by atoms with Crippen LogP contribution in [0.25, 0.3) is 22.3 Å². The molecule has 4 aromatic rings. The van der Waals surface area contributed by atoms with Crippen molar-refractivity contribution in [3.8, 4) is 17.1 Å². The van der Waals surface area contributed by atoms with E-state index in [2.05, 4.69) is 32.6 Å². The Morgan fingerprint density at radius 1 is 1.16 bits per heavy atom. The fourth-order valence-corrected chi connectivity index (χ4v) is 3.97. The van der Waals surface area contributed by atoms with Crippen LogP contribution in [-0.2, 0) is 6.18 Å². The van der Waals surface area contributed by atoms with E-state index in [9.17, 15) is 28.1 Å². The summed E-state index contributed by atoms with van der Waals surface area (Å²) in [4.78, 5) is 28.7. The molecule has 0 aliphatic rings. The minimum absolute atomic E-state index is 0.00168.